The molecule has 0 heterocycles. The number of sulfonamides is 1. The molecule has 18 heavy (non-hydrogen) atoms. The van der Waals surface area contributed by atoms with E-state index in [4.69, 9.17) is 11.7 Å². The van der Waals surface area contributed by atoms with Crippen molar-refractivity contribution in [3.8, 4) is 18.4 Å². The SMILES string of the molecule is C#CCN(CC#N)S(=O)(=O)c1ccc(C)cc1C. The van der Waals surface area contributed by atoms with Gasteiger partial charge in [-0.05, 0) is 25.5 Å². The van der Waals surface area contributed by atoms with E-state index in [1.54, 1.807) is 25.1 Å². The molecular weight excluding hydrogens is 248 g/mol. The van der Waals surface area contributed by atoms with Gasteiger partial charge in [-0.3, -0.25) is 0 Å². The van der Waals surface area contributed by atoms with Gasteiger partial charge in [0.25, 0.3) is 0 Å². The van der Waals surface area contributed by atoms with E-state index in [-0.39, 0.29) is 18.0 Å². The van der Waals surface area contributed by atoms with Crippen molar-refractivity contribution in [3.63, 3.8) is 0 Å². The fourth-order valence-electron chi connectivity index (χ4n) is 1.63. The summed E-state index contributed by atoms with van der Waals surface area (Å²) in [5.74, 6) is 2.25. The molecule has 0 spiro atoms. The maximum atomic E-state index is 12.3. The second-order valence-corrected chi connectivity index (χ2v) is 5.81. The molecule has 0 aliphatic rings. The minimum Gasteiger partial charge on any atom is -0.207 e. The number of aryl methyl sites for hydroxylation is 2. The van der Waals surface area contributed by atoms with E-state index in [0.717, 1.165) is 9.87 Å². The fraction of sp³-hybridized carbons (Fsp3) is 0.308. The number of benzene rings is 1. The smallest absolute Gasteiger partial charge is 0.207 e. The number of nitrogens with zero attached hydrogens (tertiary/aromatic N) is 2. The third-order valence-electron chi connectivity index (χ3n) is 2.46. The molecular formula is C13H14N2O2S. The highest BCUT2D eigenvalue weighted by Crippen LogP contribution is 2.20. The zero-order valence-corrected chi connectivity index (χ0v) is 11.2. The summed E-state index contributed by atoms with van der Waals surface area (Å²) in [5.41, 5.74) is 1.63. The summed E-state index contributed by atoms with van der Waals surface area (Å²) < 4.78 is 25.6. The lowest BCUT2D eigenvalue weighted by Gasteiger charge is -2.18. The fourth-order valence-corrected chi connectivity index (χ4v) is 3.09. The summed E-state index contributed by atoms with van der Waals surface area (Å²) >= 11 is 0. The number of terminal acetylenes is 1. The minimum atomic E-state index is -3.70. The Kier molecular flexibility index (Phi) is 4.49. The highest BCUT2D eigenvalue weighted by atomic mass is 32.2. The Morgan fingerprint density at radius 3 is 2.50 bits per heavy atom. The van der Waals surface area contributed by atoms with Crippen LogP contribution in [0.5, 0.6) is 0 Å². The summed E-state index contributed by atoms with van der Waals surface area (Å²) in [6, 6.07) is 6.86. The van der Waals surface area contributed by atoms with E-state index < -0.39 is 10.0 Å². The van der Waals surface area contributed by atoms with Crippen LogP contribution in [0.25, 0.3) is 0 Å². The zero-order chi connectivity index (χ0) is 13.8. The Labute approximate surface area is 108 Å². The molecule has 0 amide bonds. The van der Waals surface area contributed by atoms with Crippen LogP contribution in [0.4, 0.5) is 0 Å². The minimum absolute atomic E-state index is 0.108. The first kappa shape index (κ1) is 14.2. The third kappa shape index (κ3) is 2.89. The van der Waals surface area contributed by atoms with Gasteiger partial charge in [0, 0.05) is 0 Å². The van der Waals surface area contributed by atoms with E-state index in [1.165, 1.54) is 0 Å². The largest absolute Gasteiger partial charge is 0.245 e. The third-order valence-corrected chi connectivity index (χ3v) is 4.41. The van der Waals surface area contributed by atoms with Gasteiger partial charge in [-0.2, -0.15) is 9.57 Å². The summed E-state index contributed by atoms with van der Waals surface area (Å²) in [7, 11) is -3.70. The van der Waals surface area contributed by atoms with Gasteiger partial charge in [-0.1, -0.05) is 23.6 Å². The van der Waals surface area contributed by atoms with Gasteiger partial charge in [0.05, 0.1) is 17.5 Å². The molecule has 1 aromatic carbocycles. The summed E-state index contributed by atoms with van der Waals surface area (Å²) in [6.45, 7) is 3.25. The molecule has 0 saturated heterocycles. The lowest BCUT2D eigenvalue weighted by atomic mass is 10.2. The molecule has 0 aliphatic heterocycles. The predicted molar refractivity (Wildman–Crippen MR) is 69.1 cm³/mol. The lowest BCUT2D eigenvalue weighted by Crippen LogP contribution is -2.32. The number of rotatable bonds is 4. The molecule has 0 N–H and O–H groups in total. The second kappa shape index (κ2) is 5.68. The van der Waals surface area contributed by atoms with E-state index in [2.05, 4.69) is 5.92 Å². The zero-order valence-electron chi connectivity index (χ0n) is 10.3. The Morgan fingerprint density at radius 1 is 1.33 bits per heavy atom. The number of nitriles is 1. The van der Waals surface area contributed by atoms with Crippen LogP contribution in [0.3, 0.4) is 0 Å². The maximum Gasteiger partial charge on any atom is 0.245 e. The van der Waals surface area contributed by atoms with Crippen molar-refractivity contribution in [1.29, 1.82) is 5.26 Å². The number of hydrogen-bond acceptors (Lipinski definition) is 3. The van der Waals surface area contributed by atoms with E-state index in [9.17, 15) is 8.42 Å². The van der Waals surface area contributed by atoms with Gasteiger partial charge in [-0.25, -0.2) is 8.42 Å². The van der Waals surface area contributed by atoms with Crippen molar-refractivity contribution < 1.29 is 8.42 Å². The van der Waals surface area contributed by atoms with Crippen molar-refractivity contribution in [1.82, 2.24) is 4.31 Å². The van der Waals surface area contributed by atoms with Gasteiger partial charge >= 0.3 is 0 Å². The highest BCUT2D eigenvalue weighted by molar-refractivity contribution is 7.89. The Balaban J connectivity index is 3.28. The topological polar surface area (TPSA) is 61.2 Å². The standard InChI is InChI=1S/C13H14N2O2S/c1-4-8-15(9-7-14)18(16,17)13-6-5-11(2)10-12(13)3/h1,5-6,10H,8-9H2,2-3H3. The number of hydrogen-bond donors (Lipinski definition) is 0. The highest BCUT2D eigenvalue weighted by Gasteiger charge is 2.25. The quantitative estimate of drug-likeness (QED) is 0.609. The Hall–Kier alpha value is -1.82. The predicted octanol–water partition coefficient (Wildman–Crippen LogP) is 1.45. The van der Waals surface area contributed by atoms with Gasteiger partial charge < -0.3 is 0 Å². The van der Waals surface area contributed by atoms with Crippen LogP contribution in [0, 0.1) is 37.5 Å². The van der Waals surface area contributed by atoms with Crippen molar-refractivity contribution in [2.75, 3.05) is 13.1 Å². The first-order valence-electron chi connectivity index (χ1n) is 5.31. The van der Waals surface area contributed by atoms with Crippen LogP contribution >= 0.6 is 0 Å². The van der Waals surface area contributed by atoms with Crippen LogP contribution < -0.4 is 0 Å². The maximum absolute atomic E-state index is 12.3. The molecule has 0 unspecified atom stereocenters. The Bertz CT molecular complexity index is 605. The molecule has 0 bridgehead atoms. The molecule has 4 nitrogen and oxygen atoms in total. The lowest BCUT2D eigenvalue weighted by molar-refractivity contribution is 0.480. The summed E-state index contributed by atoms with van der Waals surface area (Å²) in [5, 5.41) is 8.66. The van der Waals surface area contributed by atoms with Crippen LogP contribution in [0.2, 0.25) is 0 Å². The molecule has 5 heteroatoms. The molecule has 0 saturated carbocycles. The molecule has 0 atom stereocenters. The summed E-state index contributed by atoms with van der Waals surface area (Å²) in [6.07, 6.45) is 5.13. The first-order valence-corrected chi connectivity index (χ1v) is 6.75. The van der Waals surface area contributed by atoms with Crippen LogP contribution in [-0.2, 0) is 10.0 Å². The van der Waals surface area contributed by atoms with Gasteiger partial charge in [0.2, 0.25) is 10.0 Å². The van der Waals surface area contributed by atoms with Crippen molar-refractivity contribution >= 4 is 10.0 Å². The van der Waals surface area contributed by atoms with Crippen LogP contribution in [0.15, 0.2) is 23.1 Å². The van der Waals surface area contributed by atoms with E-state index in [1.807, 2.05) is 13.0 Å². The molecule has 1 aromatic rings. The first-order chi connectivity index (χ1) is 8.43. The van der Waals surface area contributed by atoms with Crippen molar-refractivity contribution in [2.24, 2.45) is 0 Å². The van der Waals surface area contributed by atoms with Gasteiger partial charge in [-0.15, -0.1) is 6.42 Å². The van der Waals surface area contributed by atoms with Gasteiger partial charge in [0.15, 0.2) is 0 Å². The summed E-state index contributed by atoms with van der Waals surface area (Å²) in [4.78, 5) is 0.193. The Morgan fingerprint density at radius 2 is 2.00 bits per heavy atom. The van der Waals surface area contributed by atoms with Crippen LogP contribution in [-0.4, -0.2) is 25.8 Å². The van der Waals surface area contributed by atoms with Crippen LogP contribution in [0.1, 0.15) is 11.1 Å². The molecule has 0 aliphatic carbocycles. The normalized spacial score (nSPS) is 10.9. The van der Waals surface area contributed by atoms with Crippen molar-refractivity contribution in [2.45, 2.75) is 18.7 Å². The monoisotopic (exact) mass is 262 g/mol. The molecule has 0 fully saturated rings. The molecule has 0 radical (unpaired) electrons. The molecule has 94 valence electrons. The molecule has 0 aromatic heterocycles. The molecule has 1 rings (SSSR count). The van der Waals surface area contributed by atoms with E-state index in [0.29, 0.717) is 5.56 Å². The van der Waals surface area contributed by atoms with Gasteiger partial charge in [0.1, 0.15) is 6.54 Å². The van der Waals surface area contributed by atoms with Crippen molar-refractivity contribution in [3.05, 3.63) is 29.3 Å². The average Bonchev–Trinajstić information content (AvgIpc) is 2.28. The van der Waals surface area contributed by atoms with E-state index >= 15 is 0 Å². The second-order valence-electron chi connectivity index (χ2n) is 3.90. The average molecular weight is 262 g/mol.